The zero-order valence-electron chi connectivity index (χ0n) is 10.6. The van der Waals surface area contributed by atoms with Crippen LogP contribution < -0.4 is 4.74 Å². The molecule has 1 aromatic carbocycles. The molecule has 1 aromatic heterocycles. The number of H-pyrrole nitrogens is 1. The third-order valence-electron chi connectivity index (χ3n) is 2.71. The van der Waals surface area contributed by atoms with Crippen molar-refractivity contribution in [2.45, 2.75) is 13.8 Å². The lowest BCUT2D eigenvalue weighted by atomic mass is 10.1. The average molecular weight is 298 g/mol. The van der Waals surface area contributed by atoms with Crippen molar-refractivity contribution in [1.82, 2.24) is 4.98 Å². The Balaban J connectivity index is 2.04. The van der Waals surface area contributed by atoms with E-state index in [2.05, 4.69) is 4.98 Å². The van der Waals surface area contributed by atoms with Gasteiger partial charge in [0.25, 0.3) is 0 Å². The first-order valence-electron chi connectivity index (χ1n) is 5.74. The number of aromatic amines is 1. The van der Waals surface area contributed by atoms with Gasteiger partial charge in [-0.3, -0.25) is 4.79 Å². The molecule has 0 spiro atoms. The van der Waals surface area contributed by atoms with Gasteiger partial charge in [0.15, 0.2) is 6.61 Å². The number of ether oxygens (including phenoxy) is 1. The predicted molar refractivity (Wildman–Crippen MR) is 76.6 cm³/mol. The maximum absolute atomic E-state index is 12.0. The summed E-state index contributed by atoms with van der Waals surface area (Å²) in [6.07, 6.45) is 0. The van der Waals surface area contributed by atoms with Crippen LogP contribution in [-0.4, -0.2) is 17.4 Å². The molecule has 1 heterocycles. The molecule has 0 aliphatic rings. The maximum atomic E-state index is 12.0. The molecule has 3 nitrogen and oxygen atoms in total. The van der Waals surface area contributed by atoms with E-state index in [1.54, 1.807) is 18.2 Å². The van der Waals surface area contributed by atoms with Gasteiger partial charge in [0, 0.05) is 23.0 Å². The molecule has 0 unspecified atom stereocenters. The third-order valence-corrected chi connectivity index (χ3v) is 3.45. The van der Waals surface area contributed by atoms with Crippen LogP contribution in [0.25, 0.3) is 0 Å². The van der Waals surface area contributed by atoms with Crippen LogP contribution in [0.15, 0.2) is 24.3 Å². The number of carbonyl (C=O) groups is 1. The minimum absolute atomic E-state index is 0.0317. The van der Waals surface area contributed by atoms with Gasteiger partial charge in [-0.25, -0.2) is 0 Å². The largest absolute Gasteiger partial charge is 0.485 e. The fraction of sp³-hybridized carbons (Fsp3) is 0.214. The van der Waals surface area contributed by atoms with Gasteiger partial charge in [0.1, 0.15) is 5.75 Å². The summed E-state index contributed by atoms with van der Waals surface area (Å²) in [5, 5.41) is 0.859. The summed E-state index contributed by atoms with van der Waals surface area (Å²) in [5.41, 5.74) is 2.45. The first kappa shape index (κ1) is 14.0. The summed E-state index contributed by atoms with van der Waals surface area (Å²) in [4.78, 5) is 15.1. The van der Waals surface area contributed by atoms with E-state index in [-0.39, 0.29) is 12.4 Å². The number of aryl methyl sites for hydroxylation is 2. The molecule has 0 saturated carbocycles. The van der Waals surface area contributed by atoms with Crippen molar-refractivity contribution in [3.63, 3.8) is 0 Å². The Hall–Kier alpha value is -1.45. The van der Waals surface area contributed by atoms with Gasteiger partial charge in [0.2, 0.25) is 5.78 Å². The second-order valence-electron chi connectivity index (χ2n) is 4.28. The monoisotopic (exact) mass is 297 g/mol. The number of hydrogen-bond donors (Lipinski definition) is 1. The number of ketones is 1. The number of Topliss-reactive ketones (excluding diaryl/α,β-unsaturated/α-hetero) is 1. The van der Waals surface area contributed by atoms with Gasteiger partial charge >= 0.3 is 0 Å². The van der Waals surface area contributed by atoms with Crippen LogP contribution in [0.4, 0.5) is 0 Å². The topological polar surface area (TPSA) is 42.1 Å². The number of hydrogen-bond acceptors (Lipinski definition) is 2. The van der Waals surface area contributed by atoms with Crippen molar-refractivity contribution in [2.75, 3.05) is 6.61 Å². The van der Waals surface area contributed by atoms with E-state index >= 15 is 0 Å². The number of carbonyl (C=O) groups excluding carboxylic acids is 1. The SMILES string of the molecule is Cc1cc(C(=O)COc2ccc(Cl)c(Cl)c2)c(C)[nH]1. The average Bonchev–Trinajstić information content (AvgIpc) is 2.70. The molecule has 0 aliphatic carbocycles. The Morgan fingerprint density at radius 2 is 1.95 bits per heavy atom. The van der Waals surface area contributed by atoms with Gasteiger partial charge in [0.05, 0.1) is 10.0 Å². The highest BCUT2D eigenvalue weighted by atomic mass is 35.5. The summed E-state index contributed by atoms with van der Waals surface area (Å²) in [7, 11) is 0. The third kappa shape index (κ3) is 3.31. The molecule has 5 heteroatoms. The van der Waals surface area contributed by atoms with Crippen molar-refractivity contribution in [3.8, 4) is 5.75 Å². The van der Waals surface area contributed by atoms with Crippen molar-refractivity contribution < 1.29 is 9.53 Å². The van der Waals surface area contributed by atoms with E-state index in [0.29, 0.717) is 21.4 Å². The first-order chi connectivity index (χ1) is 8.97. The van der Waals surface area contributed by atoms with Gasteiger partial charge in [-0.15, -0.1) is 0 Å². The number of aromatic nitrogens is 1. The van der Waals surface area contributed by atoms with Crippen LogP contribution in [0.1, 0.15) is 21.7 Å². The van der Waals surface area contributed by atoms with Crippen LogP contribution in [0.5, 0.6) is 5.75 Å². The summed E-state index contributed by atoms with van der Waals surface area (Å²) < 4.78 is 5.42. The number of nitrogens with one attached hydrogen (secondary N) is 1. The Morgan fingerprint density at radius 1 is 1.21 bits per heavy atom. The second-order valence-corrected chi connectivity index (χ2v) is 5.09. The highest BCUT2D eigenvalue weighted by Gasteiger charge is 2.12. The van der Waals surface area contributed by atoms with E-state index < -0.39 is 0 Å². The van der Waals surface area contributed by atoms with Gasteiger partial charge in [-0.05, 0) is 32.0 Å². The standard InChI is InChI=1S/C14H13Cl2NO2/c1-8-5-11(9(2)17-8)14(18)7-19-10-3-4-12(15)13(16)6-10/h3-6,17H,7H2,1-2H3. The maximum Gasteiger partial charge on any atom is 0.201 e. The van der Waals surface area contributed by atoms with Crippen molar-refractivity contribution >= 4 is 29.0 Å². The number of rotatable bonds is 4. The van der Waals surface area contributed by atoms with E-state index in [9.17, 15) is 4.79 Å². The van der Waals surface area contributed by atoms with Gasteiger partial charge in [-0.2, -0.15) is 0 Å². The molecule has 0 bridgehead atoms. The Morgan fingerprint density at radius 3 is 2.53 bits per heavy atom. The minimum atomic E-state index is -0.0760. The molecule has 1 N–H and O–H groups in total. The van der Waals surface area contributed by atoms with E-state index in [1.165, 1.54) is 0 Å². The molecule has 0 aliphatic heterocycles. The number of benzene rings is 1. The van der Waals surface area contributed by atoms with Crippen molar-refractivity contribution in [3.05, 3.63) is 51.3 Å². The molecule has 0 radical (unpaired) electrons. The Labute approximate surface area is 121 Å². The molecular weight excluding hydrogens is 285 g/mol. The van der Waals surface area contributed by atoms with Crippen LogP contribution in [0, 0.1) is 13.8 Å². The van der Waals surface area contributed by atoms with E-state index in [1.807, 2.05) is 19.9 Å². The molecule has 100 valence electrons. The molecule has 2 aromatic rings. The smallest absolute Gasteiger partial charge is 0.201 e. The highest BCUT2D eigenvalue weighted by Crippen LogP contribution is 2.26. The van der Waals surface area contributed by atoms with Gasteiger partial charge in [-0.1, -0.05) is 23.2 Å². The normalized spacial score (nSPS) is 10.5. The lowest BCUT2D eigenvalue weighted by Gasteiger charge is -2.06. The lowest BCUT2D eigenvalue weighted by molar-refractivity contribution is 0.0921. The molecule has 0 saturated heterocycles. The summed E-state index contributed by atoms with van der Waals surface area (Å²) >= 11 is 11.7. The first-order valence-corrected chi connectivity index (χ1v) is 6.50. The molecular formula is C14H13Cl2NO2. The minimum Gasteiger partial charge on any atom is -0.485 e. The van der Waals surface area contributed by atoms with Gasteiger partial charge < -0.3 is 9.72 Å². The van der Waals surface area contributed by atoms with Crippen LogP contribution >= 0.6 is 23.2 Å². The van der Waals surface area contributed by atoms with E-state index in [4.69, 9.17) is 27.9 Å². The predicted octanol–water partition coefficient (Wildman–Crippen LogP) is 4.20. The summed E-state index contributed by atoms with van der Waals surface area (Å²) in [5.74, 6) is 0.445. The van der Waals surface area contributed by atoms with Crippen molar-refractivity contribution in [2.24, 2.45) is 0 Å². The van der Waals surface area contributed by atoms with Crippen LogP contribution in [0.3, 0.4) is 0 Å². The Kier molecular flexibility index (Phi) is 4.17. The molecule has 19 heavy (non-hydrogen) atoms. The second kappa shape index (κ2) is 5.68. The highest BCUT2D eigenvalue weighted by molar-refractivity contribution is 6.42. The summed E-state index contributed by atoms with van der Waals surface area (Å²) in [6, 6.07) is 6.72. The lowest BCUT2D eigenvalue weighted by Crippen LogP contribution is -2.12. The fourth-order valence-corrected chi connectivity index (χ4v) is 2.09. The van der Waals surface area contributed by atoms with Crippen LogP contribution in [0.2, 0.25) is 10.0 Å². The molecule has 0 amide bonds. The quantitative estimate of drug-likeness (QED) is 0.859. The van der Waals surface area contributed by atoms with Crippen LogP contribution in [-0.2, 0) is 0 Å². The summed E-state index contributed by atoms with van der Waals surface area (Å²) in [6.45, 7) is 3.74. The number of halogens is 2. The molecule has 2 rings (SSSR count). The zero-order valence-corrected chi connectivity index (χ0v) is 12.1. The Bertz CT molecular complexity index is 620. The zero-order chi connectivity index (χ0) is 14.0. The van der Waals surface area contributed by atoms with Crippen molar-refractivity contribution in [1.29, 1.82) is 0 Å². The molecule has 0 fully saturated rings. The fourth-order valence-electron chi connectivity index (χ4n) is 1.81. The molecule has 0 atom stereocenters. The van der Waals surface area contributed by atoms with E-state index in [0.717, 1.165) is 11.4 Å².